The Morgan fingerprint density at radius 3 is 2.79 bits per heavy atom. The number of carbonyl (C=O) groups excluding carboxylic acids is 1. The van der Waals surface area contributed by atoms with Crippen LogP contribution in [0.5, 0.6) is 6.01 Å². The minimum Gasteiger partial charge on any atom is -0.463 e. The van der Waals surface area contributed by atoms with Crippen LogP contribution in [-0.4, -0.2) is 33.4 Å². The van der Waals surface area contributed by atoms with Gasteiger partial charge in [-0.3, -0.25) is 0 Å². The fourth-order valence-corrected chi connectivity index (χ4v) is 1.47. The molecule has 1 heterocycles. The first-order valence-electron chi connectivity index (χ1n) is 6.01. The standard InChI is InChI=1S/C13H15N3O3/c1-3-18-12(17)10(2)19-13-14-9-16(15-13)11-7-5-4-6-8-11/h4-10H,3H2,1-2H3. The molecule has 0 bridgehead atoms. The zero-order valence-electron chi connectivity index (χ0n) is 10.8. The zero-order valence-corrected chi connectivity index (χ0v) is 10.8. The Kier molecular flexibility index (Phi) is 4.12. The van der Waals surface area contributed by atoms with E-state index in [2.05, 4.69) is 10.1 Å². The van der Waals surface area contributed by atoms with Crippen molar-refractivity contribution in [1.29, 1.82) is 0 Å². The molecule has 2 rings (SSSR count). The molecule has 0 saturated heterocycles. The average Bonchev–Trinajstić information content (AvgIpc) is 2.88. The molecule has 6 nitrogen and oxygen atoms in total. The number of nitrogens with zero attached hydrogens (tertiary/aromatic N) is 3. The predicted molar refractivity (Wildman–Crippen MR) is 68.1 cm³/mol. The number of benzene rings is 1. The highest BCUT2D eigenvalue weighted by atomic mass is 16.6. The summed E-state index contributed by atoms with van der Waals surface area (Å²) in [5.74, 6) is -0.432. The number of ether oxygens (including phenoxy) is 2. The van der Waals surface area contributed by atoms with Crippen LogP contribution in [0.25, 0.3) is 5.69 Å². The van der Waals surface area contributed by atoms with E-state index in [0.29, 0.717) is 6.61 Å². The van der Waals surface area contributed by atoms with Gasteiger partial charge in [0.05, 0.1) is 12.3 Å². The number of para-hydroxylation sites is 1. The van der Waals surface area contributed by atoms with Crippen LogP contribution >= 0.6 is 0 Å². The summed E-state index contributed by atoms with van der Waals surface area (Å²) in [5.41, 5.74) is 0.869. The molecule has 2 aromatic rings. The van der Waals surface area contributed by atoms with Gasteiger partial charge in [0.15, 0.2) is 6.10 Å². The van der Waals surface area contributed by atoms with E-state index >= 15 is 0 Å². The second-order valence-corrected chi connectivity index (χ2v) is 3.82. The SMILES string of the molecule is CCOC(=O)C(C)Oc1ncn(-c2ccccc2)n1. The highest BCUT2D eigenvalue weighted by Crippen LogP contribution is 2.09. The van der Waals surface area contributed by atoms with Crippen molar-refractivity contribution in [1.82, 2.24) is 14.8 Å². The molecule has 1 atom stereocenters. The van der Waals surface area contributed by atoms with E-state index in [9.17, 15) is 4.79 Å². The molecule has 0 saturated carbocycles. The summed E-state index contributed by atoms with van der Waals surface area (Å²) in [7, 11) is 0. The minimum absolute atomic E-state index is 0.143. The fourth-order valence-electron chi connectivity index (χ4n) is 1.47. The van der Waals surface area contributed by atoms with Gasteiger partial charge in [-0.15, -0.1) is 5.10 Å². The smallest absolute Gasteiger partial charge is 0.347 e. The second-order valence-electron chi connectivity index (χ2n) is 3.82. The molecule has 1 aromatic carbocycles. The normalized spacial score (nSPS) is 11.9. The maximum absolute atomic E-state index is 11.4. The average molecular weight is 261 g/mol. The van der Waals surface area contributed by atoms with Gasteiger partial charge in [-0.1, -0.05) is 18.2 Å². The molecule has 1 aromatic heterocycles. The van der Waals surface area contributed by atoms with Crippen molar-refractivity contribution in [2.45, 2.75) is 20.0 Å². The molecule has 0 radical (unpaired) electrons. The van der Waals surface area contributed by atoms with E-state index < -0.39 is 12.1 Å². The van der Waals surface area contributed by atoms with Crippen molar-refractivity contribution in [3.63, 3.8) is 0 Å². The molecule has 0 aliphatic carbocycles. The molecule has 0 spiro atoms. The van der Waals surface area contributed by atoms with E-state index in [1.54, 1.807) is 18.5 Å². The predicted octanol–water partition coefficient (Wildman–Crippen LogP) is 1.60. The van der Waals surface area contributed by atoms with E-state index in [1.807, 2.05) is 30.3 Å². The quantitative estimate of drug-likeness (QED) is 0.765. The molecule has 0 N–H and O–H groups in total. The summed E-state index contributed by atoms with van der Waals surface area (Å²) in [6, 6.07) is 9.66. The molecule has 1 unspecified atom stereocenters. The molecular formula is C13H15N3O3. The lowest BCUT2D eigenvalue weighted by atomic mass is 10.3. The Bertz CT molecular complexity index is 539. The lowest BCUT2D eigenvalue weighted by Gasteiger charge is -2.09. The highest BCUT2D eigenvalue weighted by Gasteiger charge is 2.17. The molecule has 0 aliphatic heterocycles. The third-order valence-electron chi connectivity index (χ3n) is 2.39. The summed E-state index contributed by atoms with van der Waals surface area (Å²) in [4.78, 5) is 15.4. The first-order chi connectivity index (χ1) is 9.20. The lowest BCUT2D eigenvalue weighted by Crippen LogP contribution is -2.26. The number of aromatic nitrogens is 3. The van der Waals surface area contributed by atoms with Gasteiger partial charge in [0.25, 0.3) is 0 Å². The first kappa shape index (κ1) is 13.1. The zero-order chi connectivity index (χ0) is 13.7. The maximum atomic E-state index is 11.4. The summed E-state index contributed by atoms with van der Waals surface area (Å²) in [5, 5.41) is 4.14. The summed E-state index contributed by atoms with van der Waals surface area (Å²) >= 11 is 0. The van der Waals surface area contributed by atoms with Crippen LogP contribution in [0.15, 0.2) is 36.7 Å². The highest BCUT2D eigenvalue weighted by molar-refractivity contribution is 5.74. The maximum Gasteiger partial charge on any atom is 0.347 e. The van der Waals surface area contributed by atoms with E-state index in [4.69, 9.17) is 9.47 Å². The van der Waals surface area contributed by atoms with Gasteiger partial charge in [-0.25, -0.2) is 9.48 Å². The van der Waals surface area contributed by atoms with Gasteiger partial charge < -0.3 is 9.47 Å². The Hall–Kier alpha value is -2.37. The van der Waals surface area contributed by atoms with Crippen LogP contribution in [0.4, 0.5) is 0 Å². The van der Waals surface area contributed by atoms with E-state index in [0.717, 1.165) is 5.69 Å². The van der Waals surface area contributed by atoms with Crippen LogP contribution in [0.1, 0.15) is 13.8 Å². The van der Waals surface area contributed by atoms with Gasteiger partial charge in [0.2, 0.25) is 0 Å². The monoisotopic (exact) mass is 261 g/mol. The molecule has 0 fully saturated rings. The fraction of sp³-hybridized carbons (Fsp3) is 0.308. The van der Waals surface area contributed by atoms with E-state index in [1.165, 1.54) is 6.33 Å². The van der Waals surface area contributed by atoms with Crippen LogP contribution in [0, 0.1) is 0 Å². The molecule has 6 heteroatoms. The van der Waals surface area contributed by atoms with Gasteiger partial charge >= 0.3 is 12.0 Å². The van der Waals surface area contributed by atoms with Crippen molar-refractivity contribution in [2.75, 3.05) is 6.61 Å². The van der Waals surface area contributed by atoms with Crippen LogP contribution in [0.3, 0.4) is 0 Å². The first-order valence-corrected chi connectivity index (χ1v) is 6.01. The molecule has 100 valence electrons. The van der Waals surface area contributed by atoms with Crippen molar-refractivity contribution < 1.29 is 14.3 Å². The number of hydrogen-bond donors (Lipinski definition) is 0. The largest absolute Gasteiger partial charge is 0.463 e. The number of hydrogen-bond acceptors (Lipinski definition) is 5. The molecule has 0 aliphatic rings. The number of rotatable bonds is 5. The Balaban J connectivity index is 2.04. The Morgan fingerprint density at radius 1 is 1.37 bits per heavy atom. The van der Waals surface area contributed by atoms with Crippen LogP contribution in [0.2, 0.25) is 0 Å². The van der Waals surface area contributed by atoms with Gasteiger partial charge in [0, 0.05) is 0 Å². The van der Waals surface area contributed by atoms with Gasteiger partial charge in [-0.2, -0.15) is 4.98 Å². The Morgan fingerprint density at radius 2 is 2.11 bits per heavy atom. The molecule has 0 amide bonds. The van der Waals surface area contributed by atoms with Crippen molar-refractivity contribution in [2.24, 2.45) is 0 Å². The summed E-state index contributed by atoms with van der Waals surface area (Å²) in [6.45, 7) is 3.66. The molecule has 19 heavy (non-hydrogen) atoms. The topological polar surface area (TPSA) is 66.2 Å². The number of esters is 1. The number of carbonyl (C=O) groups is 1. The summed E-state index contributed by atoms with van der Waals surface area (Å²) < 4.78 is 11.7. The third kappa shape index (κ3) is 3.31. The Labute approximate surface area is 111 Å². The van der Waals surface area contributed by atoms with Crippen LogP contribution in [-0.2, 0) is 9.53 Å². The van der Waals surface area contributed by atoms with Crippen LogP contribution < -0.4 is 4.74 Å². The second kappa shape index (κ2) is 5.99. The van der Waals surface area contributed by atoms with Crippen molar-refractivity contribution in [3.05, 3.63) is 36.7 Å². The van der Waals surface area contributed by atoms with Gasteiger partial charge in [-0.05, 0) is 26.0 Å². The van der Waals surface area contributed by atoms with Crippen molar-refractivity contribution >= 4 is 5.97 Å². The molecular weight excluding hydrogens is 246 g/mol. The lowest BCUT2D eigenvalue weighted by molar-refractivity contribution is -0.150. The van der Waals surface area contributed by atoms with E-state index in [-0.39, 0.29) is 6.01 Å². The summed E-state index contributed by atoms with van der Waals surface area (Å²) in [6.07, 6.45) is 0.800. The van der Waals surface area contributed by atoms with Gasteiger partial charge in [0.1, 0.15) is 6.33 Å². The minimum atomic E-state index is -0.730. The van der Waals surface area contributed by atoms with Crippen molar-refractivity contribution in [3.8, 4) is 11.7 Å². The third-order valence-corrected chi connectivity index (χ3v) is 2.39.